The van der Waals surface area contributed by atoms with Crippen LogP contribution >= 0.6 is 0 Å². The van der Waals surface area contributed by atoms with E-state index in [1.165, 1.54) is 0 Å². The molecule has 0 heterocycles. The summed E-state index contributed by atoms with van der Waals surface area (Å²) >= 11 is 0. The van der Waals surface area contributed by atoms with E-state index < -0.39 is 35.9 Å². The third kappa shape index (κ3) is 4.72. The van der Waals surface area contributed by atoms with E-state index in [4.69, 9.17) is 0 Å². The van der Waals surface area contributed by atoms with Gasteiger partial charge in [0.25, 0.3) is 0 Å². The molecule has 1 aliphatic rings. The van der Waals surface area contributed by atoms with Crippen LogP contribution in [-0.4, -0.2) is 29.2 Å². The molecule has 0 radical (unpaired) electrons. The maximum atomic E-state index is 13.1. The molecule has 4 nitrogen and oxygen atoms in total. The summed E-state index contributed by atoms with van der Waals surface area (Å²) in [5, 5.41) is 11.6. The number of carbonyl (C=O) groups excluding carboxylic acids is 1. The molecule has 1 aromatic carbocycles. The molecular weight excluding hydrogens is 323 g/mol. The maximum Gasteiger partial charge on any atom is 0.392 e. The average molecular weight is 343 g/mol. The van der Waals surface area contributed by atoms with E-state index in [1.54, 1.807) is 30.3 Å². The van der Waals surface area contributed by atoms with Gasteiger partial charge in [0.2, 0.25) is 5.91 Å². The summed E-state index contributed by atoms with van der Waals surface area (Å²) in [5.74, 6) is -4.99. The van der Waals surface area contributed by atoms with Crippen LogP contribution < -0.4 is 5.32 Å². The number of amides is 1. The van der Waals surface area contributed by atoms with Crippen LogP contribution in [0.15, 0.2) is 30.3 Å². The molecule has 7 heteroatoms. The molecule has 24 heavy (non-hydrogen) atoms. The van der Waals surface area contributed by atoms with E-state index >= 15 is 0 Å². The van der Waals surface area contributed by atoms with Crippen molar-refractivity contribution in [2.45, 2.75) is 44.3 Å². The van der Waals surface area contributed by atoms with Crippen molar-refractivity contribution >= 4 is 11.9 Å². The molecule has 0 saturated heterocycles. The van der Waals surface area contributed by atoms with Crippen molar-refractivity contribution in [2.24, 2.45) is 11.8 Å². The van der Waals surface area contributed by atoms with Gasteiger partial charge in [0.1, 0.15) is 6.04 Å². The van der Waals surface area contributed by atoms with Gasteiger partial charge in [0.05, 0.1) is 5.92 Å². The molecular formula is C17H20F3NO3. The van der Waals surface area contributed by atoms with E-state index in [0.717, 1.165) is 0 Å². The second-order valence-electron chi connectivity index (χ2n) is 6.13. The van der Waals surface area contributed by atoms with Crippen LogP contribution in [0.4, 0.5) is 13.2 Å². The Labute approximate surface area is 138 Å². The van der Waals surface area contributed by atoms with Gasteiger partial charge in [-0.1, -0.05) is 43.2 Å². The Morgan fingerprint density at radius 2 is 1.79 bits per heavy atom. The van der Waals surface area contributed by atoms with Gasteiger partial charge in [0, 0.05) is 12.3 Å². The highest BCUT2D eigenvalue weighted by molar-refractivity contribution is 5.85. The maximum absolute atomic E-state index is 13.1. The van der Waals surface area contributed by atoms with E-state index in [9.17, 15) is 27.9 Å². The molecule has 1 saturated carbocycles. The lowest BCUT2D eigenvalue weighted by atomic mass is 9.78. The van der Waals surface area contributed by atoms with Gasteiger partial charge in [-0.05, 0) is 18.4 Å². The molecule has 0 bridgehead atoms. The minimum absolute atomic E-state index is 0.0331. The zero-order valence-corrected chi connectivity index (χ0v) is 13.1. The van der Waals surface area contributed by atoms with Crippen LogP contribution in [0.5, 0.6) is 0 Å². The number of alkyl halides is 3. The van der Waals surface area contributed by atoms with Gasteiger partial charge in [-0.3, -0.25) is 4.79 Å². The van der Waals surface area contributed by atoms with Crippen LogP contribution in [0.3, 0.4) is 0 Å². The number of aliphatic carboxylic acids is 1. The second-order valence-corrected chi connectivity index (χ2v) is 6.13. The summed E-state index contributed by atoms with van der Waals surface area (Å²) in [4.78, 5) is 23.6. The van der Waals surface area contributed by atoms with Gasteiger partial charge < -0.3 is 10.4 Å². The topological polar surface area (TPSA) is 66.4 Å². The quantitative estimate of drug-likeness (QED) is 0.863. The van der Waals surface area contributed by atoms with Gasteiger partial charge in [-0.2, -0.15) is 13.2 Å². The van der Waals surface area contributed by atoms with Crippen LogP contribution in [0, 0.1) is 11.8 Å². The van der Waals surface area contributed by atoms with Crippen molar-refractivity contribution in [3.63, 3.8) is 0 Å². The molecule has 1 amide bonds. The highest BCUT2D eigenvalue weighted by Gasteiger charge is 2.48. The Kier molecular flexibility index (Phi) is 5.85. The SMILES string of the molecule is O=C(O)[C@H](Cc1ccccc1)NC(=O)[C@H]1CCCC[C@@H]1C(F)(F)F. The lowest BCUT2D eigenvalue weighted by Gasteiger charge is -2.32. The highest BCUT2D eigenvalue weighted by Crippen LogP contribution is 2.41. The van der Waals surface area contributed by atoms with Gasteiger partial charge in [-0.15, -0.1) is 0 Å². The average Bonchev–Trinajstić information content (AvgIpc) is 2.54. The molecule has 1 aromatic rings. The fourth-order valence-electron chi connectivity index (χ4n) is 3.17. The van der Waals surface area contributed by atoms with E-state index in [2.05, 4.69) is 5.32 Å². The standard InChI is InChI=1S/C17H20F3NO3/c18-17(19,20)13-9-5-4-8-12(13)15(22)21-14(16(23)24)10-11-6-2-1-3-7-11/h1-3,6-7,12-14H,4-5,8-10H2,(H,21,22)(H,23,24)/t12-,13-,14-/m0/s1. The molecule has 3 atom stereocenters. The van der Waals surface area contributed by atoms with Crippen LogP contribution in [-0.2, 0) is 16.0 Å². The van der Waals surface area contributed by atoms with Gasteiger partial charge in [0.15, 0.2) is 0 Å². The Morgan fingerprint density at radius 1 is 1.17 bits per heavy atom. The molecule has 0 unspecified atom stereocenters. The van der Waals surface area contributed by atoms with Crippen LogP contribution in [0.1, 0.15) is 31.2 Å². The summed E-state index contributed by atoms with van der Waals surface area (Å²) in [6, 6.07) is 7.42. The van der Waals surface area contributed by atoms with Crippen molar-refractivity contribution in [3.05, 3.63) is 35.9 Å². The van der Waals surface area contributed by atoms with Gasteiger partial charge in [-0.25, -0.2) is 4.79 Å². The second kappa shape index (κ2) is 7.68. The lowest BCUT2D eigenvalue weighted by Crippen LogP contribution is -2.49. The minimum Gasteiger partial charge on any atom is -0.480 e. The Balaban J connectivity index is 2.07. The summed E-state index contributed by atoms with van der Waals surface area (Å²) in [6.07, 6.45) is -3.39. The third-order valence-corrected chi connectivity index (χ3v) is 4.42. The minimum atomic E-state index is -4.44. The number of carbonyl (C=O) groups is 2. The molecule has 0 aliphatic heterocycles. The number of carboxylic acids is 1. The summed E-state index contributed by atoms with van der Waals surface area (Å²) < 4.78 is 39.3. The molecule has 0 aromatic heterocycles. The van der Waals surface area contributed by atoms with Crippen molar-refractivity contribution < 1.29 is 27.9 Å². The smallest absolute Gasteiger partial charge is 0.392 e. The number of benzene rings is 1. The zero-order chi connectivity index (χ0) is 17.7. The Morgan fingerprint density at radius 3 is 2.38 bits per heavy atom. The van der Waals surface area contributed by atoms with Crippen LogP contribution in [0.25, 0.3) is 0 Å². The number of hydrogen-bond acceptors (Lipinski definition) is 2. The first-order valence-corrected chi connectivity index (χ1v) is 7.93. The zero-order valence-electron chi connectivity index (χ0n) is 13.1. The molecule has 0 spiro atoms. The number of nitrogens with one attached hydrogen (secondary N) is 1. The fraction of sp³-hybridized carbons (Fsp3) is 0.529. The summed E-state index contributed by atoms with van der Waals surface area (Å²) in [5.41, 5.74) is 0.696. The number of halogens is 3. The molecule has 1 fully saturated rings. The number of carboxylic acid groups (broad SMARTS) is 1. The first-order chi connectivity index (χ1) is 11.3. The van der Waals surface area contributed by atoms with Crippen molar-refractivity contribution in [1.29, 1.82) is 0 Å². The molecule has 132 valence electrons. The van der Waals surface area contributed by atoms with Crippen molar-refractivity contribution in [2.75, 3.05) is 0 Å². The lowest BCUT2D eigenvalue weighted by molar-refractivity contribution is -0.198. The molecule has 1 aliphatic carbocycles. The number of hydrogen-bond donors (Lipinski definition) is 2. The first-order valence-electron chi connectivity index (χ1n) is 7.93. The predicted molar refractivity (Wildman–Crippen MR) is 81.2 cm³/mol. The Bertz CT molecular complexity index is 574. The fourth-order valence-corrected chi connectivity index (χ4v) is 3.17. The van der Waals surface area contributed by atoms with Crippen molar-refractivity contribution in [1.82, 2.24) is 5.32 Å². The summed E-state index contributed by atoms with van der Waals surface area (Å²) in [6.45, 7) is 0. The third-order valence-electron chi connectivity index (χ3n) is 4.42. The van der Waals surface area contributed by atoms with Crippen molar-refractivity contribution in [3.8, 4) is 0 Å². The number of rotatable bonds is 5. The first kappa shape index (κ1) is 18.3. The highest BCUT2D eigenvalue weighted by atomic mass is 19.4. The van der Waals surface area contributed by atoms with E-state index in [0.29, 0.717) is 18.4 Å². The van der Waals surface area contributed by atoms with Crippen LogP contribution in [0.2, 0.25) is 0 Å². The largest absolute Gasteiger partial charge is 0.480 e. The Hall–Kier alpha value is -2.05. The van der Waals surface area contributed by atoms with E-state index in [1.807, 2.05) is 0 Å². The van der Waals surface area contributed by atoms with E-state index in [-0.39, 0.29) is 19.3 Å². The normalized spacial score (nSPS) is 22.6. The predicted octanol–water partition coefficient (Wildman–Crippen LogP) is 3.17. The monoisotopic (exact) mass is 343 g/mol. The summed E-state index contributed by atoms with van der Waals surface area (Å²) in [7, 11) is 0. The molecule has 2 rings (SSSR count). The van der Waals surface area contributed by atoms with Gasteiger partial charge >= 0.3 is 12.1 Å². The molecule has 2 N–H and O–H groups in total.